The normalized spacial score (nSPS) is 11.9. The molecule has 0 fully saturated rings. The zero-order valence-electron chi connectivity index (χ0n) is 14.9. The summed E-state index contributed by atoms with van der Waals surface area (Å²) in [5, 5.41) is 1.42. The van der Waals surface area contributed by atoms with Crippen molar-refractivity contribution in [3.8, 4) is 11.6 Å². The molecule has 0 atom stereocenters. The highest BCUT2D eigenvalue weighted by Crippen LogP contribution is 2.39. The monoisotopic (exact) mass is 434 g/mol. The molecular weight excluding hydrogens is 420 g/mol. The van der Waals surface area contributed by atoms with Crippen LogP contribution in [0.1, 0.15) is 36.7 Å². The minimum atomic E-state index is -4.70. The van der Waals surface area contributed by atoms with Gasteiger partial charge in [0, 0.05) is 5.56 Å². The van der Waals surface area contributed by atoms with Crippen LogP contribution in [0.4, 0.5) is 13.2 Å². The first-order chi connectivity index (χ1) is 12.8. The van der Waals surface area contributed by atoms with Gasteiger partial charge in [0.25, 0.3) is 5.91 Å². The molecule has 28 heavy (non-hydrogen) atoms. The molecule has 0 aliphatic carbocycles. The summed E-state index contributed by atoms with van der Waals surface area (Å²) in [4.78, 5) is 27.2. The van der Waals surface area contributed by atoms with Gasteiger partial charge in [-0.2, -0.15) is 18.2 Å². The Hall–Kier alpha value is -2.32. The smallest absolute Gasteiger partial charge is 0.419 e. The molecule has 0 bridgehead atoms. The van der Waals surface area contributed by atoms with Crippen molar-refractivity contribution >= 4 is 34.9 Å². The number of Topliss-reactive ketones (excluding diaryl/α,β-unsaturated/α-hetero) is 1. The summed E-state index contributed by atoms with van der Waals surface area (Å²) in [5.41, 5.74) is -1.95. The van der Waals surface area contributed by atoms with E-state index in [4.69, 9.17) is 27.9 Å². The van der Waals surface area contributed by atoms with E-state index in [1.165, 1.54) is 31.2 Å². The number of hydrogen-bond acceptors (Lipinski definition) is 4. The zero-order chi connectivity index (χ0) is 21.3. The molecule has 0 aliphatic rings. The van der Waals surface area contributed by atoms with Crippen molar-refractivity contribution in [3.05, 3.63) is 51.6 Å². The summed E-state index contributed by atoms with van der Waals surface area (Å²) in [7, 11) is 0. The lowest BCUT2D eigenvalue weighted by Gasteiger charge is -2.22. The van der Waals surface area contributed by atoms with E-state index in [0.717, 1.165) is 0 Å². The number of ketones is 1. The van der Waals surface area contributed by atoms with Crippen LogP contribution in [0.3, 0.4) is 0 Å². The Labute approximate surface area is 168 Å². The van der Waals surface area contributed by atoms with Crippen LogP contribution in [0.15, 0.2) is 30.3 Å². The van der Waals surface area contributed by atoms with E-state index in [9.17, 15) is 22.8 Å². The average Bonchev–Trinajstić information content (AvgIpc) is 2.57. The van der Waals surface area contributed by atoms with Crippen molar-refractivity contribution < 1.29 is 27.5 Å². The SMILES string of the molecule is CC(=O)C(C)(C)NC(=O)c1ccc(Oc2nc(Cl)c(C(F)(F)F)cc2Cl)cc1. The van der Waals surface area contributed by atoms with Crippen molar-refractivity contribution in [2.45, 2.75) is 32.5 Å². The number of hydrogen-bond donors (Lipinski definition) is 1. The second-order valence-corrected chi connectivity index (χ2v) is 7.14. The Morgan fingerprint density at radius 2 is 1.68 bits per heavy atom. The van der Waals surface area contributed by atoms with Crippen LogP contribution in [0.5, 0.6) is 11.6 Å². The van der Waals surface area contributed by atoms with E-state index in [1.807, 2.05) is 0 Å². The van der Waals surface area contributed by atoms with E-state index in [2.05, 4.69) is 10.3 Å². The lowest BCUT2D eigenvalue weighted by molar-refractivity contribution is -0.137. The number of benzene rings is 1. The maximum Gasteiger partial charge on any atom is 0.419 e. The number of halogens is 5. The first-order valence-electron chi connectivity index (χ1n) is 7.86. The number of aromatic nitrogens is 1. The van der Waals surface area contributed by atoms with Gasteiger partial charge in [0.2, 0.25) is 5.88 Å². The van der Waals surface area contributed by atoms with Crippen LogP contribution in [-0.2, 0) is 11.0 Å². The van der Waals surface area contributed by atoms with Crippen LogP contribution >= 0.6 is 23.2 Å². The van der Waals surface area contributed by atoms with E-state index in [-0.39, 0.29) is 28.0 Å². The van der Waals surface area contributed by atoms with Gasteiger partial charge in [-0.05, 0) is 51.1 Å². The second kappa shape index (κ2) is 7.97. The topological polar surface area (TPSA) is 68.3 Å². The van der Waals surface area contributed by atoms with E-state index >= 15 is 0 Å². The second-order valence-electron chi connectivity index (χ2n) is 6.37. The molecule has 0 saturated carbocycles. The molecule has 0 spiro atoms. The highest BCUT2D eigenvalue weighted by atomic mass is 35.5. The minimum absolute atomic E-state index is 0.174. The predicted octanol–water partition coefficient (Wildman–Crippen LogP) is 5.30. The van der Waals surface area contributed by atoms with Crippen LogP contribution in [-0.4, -0.2) is 22.2 Å². The number of carbonyl (C=O) groups is 2. The molecule has 1 N–H and O–H groups in total. The third kappa shape index (κ3) is 5.14. The first kappa shape index (κ1) is 22.0. The number of amides is 1. The Morgan fingerprint density at radius 3 is 2.18 bits per heavy atom. The van der Waals surface area contributed by atoms with Crippen molar-refractivity contribution in [1.29, 1.82) is 0 Å². The summed E-state index contributed by atoms with van der Waals surface area (Å²) in [6.07, 6.45) is -4.70. The van der Waals surface area contributed by atoms with Gasteiger partial charge < -0.3 is 10.1 Å². The van der Waals surface area contributed by atoms with Crippen molar-refractivity contribution in [2.75, 3.05) is 0 Å². The number of rotatable bonds is 5. The molecule has 1 aromatic carbocycles. The van der Waals surface area contributed by atoms with E-state index in [1.54, 1.807) is 13.8 Å². The van der Waals surface area contributed by atoms with Gasteiger partial charge in [-0.1, -0.05) is 23.2 Å². The standard InChI is InChI=1S/C18H15Cl2F3N2O3/c1-9(26)17(2,3)25-15(27)10-4-6-11(7-5-10)28-16-13(19)8-12(14(20)24-16)18(21,22)23/h4-8H,1-3H3,(H,25,27). The molecule has 10 heteroatoms. The third-order valence-electron chi connectivity index (χ3n) is 3.84. The Morgan fingerprint density at radius 1 is 1.11 bits per heavy atom. The summed E-state index contributed by atoms with van der Waals surface area (Å²) >= 11 is 11.4. The first-order valence-corrected chi connectivity index (χ1v) is 8.61. The lowest BCUT2D eigenvalue weighted by atomic mass is 10.00. The predicted molar refractivity (Wildman–Crippen MR) is 98.0 cm³/mol. The Balaban J connectivity index is 2.18. The highest BCUT2D eigenvalue weighted by molar-refractivity contribution is 6.33. The molecule has 0 radical (unpaired) electrons. The van der Waals surface area contributed by atoms with Crippen molar-refractivity contribution in [1.82, 2.24) is 10.3 Å². The molecule has 2 aromatic rings. The summed E-state index contributed by atoms with van der Waals surface area (Å²) in [6.45, 7) is 4.52. The Kier molecular flexibility index (Phi) is 6.25. The molecule has 0 unspecified atom stereocenters. The molecular formula is C18H15Cl2F3N2O3. The van der Waals surface area contributed by atoms with Gasteiger partial charge in [0.15, 0.2) is 5.78 Å². The molecule has 5 nitrogen and oxygen atoms in total. The third-order valence-corrected chi connectivity index (χ3v) is 4.40. The number of pyridine rings is 1. The van der Waals surface area contributed by atoms with Crippen LogP contribution in [0.25, 0.3) is 0 Å². The van der Waals surface area contributed by atoms with Crippen molar-refractivity contribution in [2.24, 2.45) is 0 Å². The summed E-state index contributed by atoms with van der Waals surface area (Å²) < 4.78 is 43.7. The fourth-order valence-electron chi connectivity index (χ4n) is 1.95. The molecule has 2 rings (SSSR count). The lowest BCUT2D eigenvalue weighted by Crippen LogP contribution is -2.48. The Bertz CT molecular complexity index is 914. The number of alkyl halides is 3. The minimum Gasteiger partial charge on any atom is -0.437 e. The van der Waals surface area contributed by atoms with Gasteiger partial charge in [-0.15, -0.1) is 0 Å². The fraction of sp³-hybridized carbons (Fsp3) is 0.278. The van der Waals surface area contributed by atoms with E-state index < -0.39 is 28.3 Å². The molecule has 0 saturated heterocycles. The maximum atomic E-state index is 12.8. The maximum absolute atomic E-state index is 12.8. The number of carbonyl (C=O) groups excluding carboxylic acids is 2. The molecule has 1 amide bonds. The molecule has 150 valence electrons. The summed E-state index contributed by atoms with van der Waals surface area (Å²) in [5.74, 6) is -0.816. The number of nitrogens with zero attached hydrogens (tertiary/aromatic N) is 1. The highest BCUT2D eigenvalue weighted by Gasteiger charge is 2.35. The van der Waals surface area contributed by atoms with E-state index in [0.29, 0.717) is 6.07 Å². The molecule has 1 aromatic heterocycles. The average molecular weight is 435 g/mol. The van der Waals surface area contributed by atoms with Gasteiger partial charge in [0.05, 0.1) is 11.1 Å². The molecule has 0 aliphatic heterocycles. The van der Waals surface area contributed by atoms with Crippen LogP contribution in [0.2, 0.25) is 10.2 Å². The van der Waals surface area contributed by atoms with Gasteiger partial charge in [-0.25, -0.2) is 0 Å². The number of nitrogens with one attached hydrogen (secondary N) is 1. The fourth-order valence-corrected chi connectivity index (χ4v) is 2.38. The largest absolute Gasteiger partial charge is 0.437 e. The summed E-state index contributed by atoms with van der Waals surface area (Å²) in [6, 6.07) is 6.26. The number of ether oxygens (including phenoxy) is 1. The van der Waals surface area contributed by atoms with Crippen LogP contribution in [0, 0.1) is 0 Å². The van der Waals surface area contributed by atoms with Crippen molar-refractivity contribution in [3.63, 3.8) is 0 Å². The zero-order valence-corrected chi connectivity index (χ0v) is 16.5. The van der Waals surface area contributed by atoms with Gasteiger partial charge >= 0.3 is 6.18 Å². The van der Waals surface area contributed by atoms with Crippen LogP contribution < -0.4 is 10.1 Å². The quantitative estimate of drug-likeness (QED) is 0.648. The molecule has 1 heterocycles. The van der Waals surface area contributed by atoms with Gasteiger partial charge in [0.1, 0.15) is 15.9 Å². The van der Waals surface area contributed by atoms with Gasteiger partial charge in [-0.3, -0.25) is 9.59 Å².